The third-order valence-electron chi connectivity index (χ3n) is 2.00. The molecule has 24 heavy (non-hydrogen) atoms. The summed E-state index contributed by atoms with van der Waals surface area (Å²) >= 11 is 0. The minimum atomic E-state index is -7.49. The maximum Gasteiger partial charge on any atom is 0.524 e. The lowest BCUT2D eigenvalue weighted by Crippen LogP contribution is -2.63. The van der Waals surface area contributed by atoms with Crippen LogP contribution in [-0.4, -0.2) is 43.5 Å². The largest absolute Gasteiger partial charge is 0.524 e. The molecule has 0 rings (SSSR count). The Balaban J connectivity index is 5.83. The first-order valence-electron chi connectivity index (χ1n) is 5.47. The topological polar surface area (TPSA) is 69.7 Å². The molecule has 5 nitrogen and oxygen atoms in total. The number of carbonyl (C=O) groups is 1. The van der Waals surface area contributed by atoms with Gasteiger partial charge in [0.1, 0.15) is 5.60 Å². The number of rotatable bonds is 4. The number of halogens is 9. The Bertz CT molecular complexity index is 588. The fraction of sp³-hybridized carbons (Fsp3) is 0.889. The summed E-state index contributed by atoms with van der Waals surface area (Å²) in [5.41, 5.74) is -1.58. The number of ether oxygens (including phenoxy) is 1. The Kier molecular flexibility index (Phi) is 5.50. The van der Waals surface area contributed by atoms with Crippen LogP contribution >= 0.6 is 0 Å². The zero-order chi connectivity index (χ0) is 20.0. The van der Waals surface area contributed by atoms with E-state index in [2.05, 4.69) is 8.92 Å². The van der Waals surface area contributed by atoms with E-state index in [9.17, 15) is 52.7 Å². The fourth-order valence-electron chi connectivity index (χ4n) is 0.927. The van der Waals surface area contributed by atoms with Gasteiger partial charge in [-0.3, -0.25) is 0 Å². The molecule has 0 aliphatic rings. The number of hydrogen-bond acceptors (Lipinski definition) is 5. The average Bonchev–Trinajstić information content (AvgIpc) is 2.22. The Morgan fingerprint density at radius 2 is 1.17 bits per heavy atom. The van der Waals surface area contributed by atoms with Gasteiger partial charge in [-0.25, -0.2) is 4.79 Å². The van der Waals surface area contributed by atoms with Gasteiger partial charge in [0.05, 0.1) is 0 Å². The summed E-state index contributed by atoms with van der Waals surface area (Å²) in [6.45, 7) is 3.14. The lowest BCUT2D eigenvalue weighted by Gasteiger charge is -2.32. The van der Waals surface area contributed by atoms with E-state index >= 15 is 0 Å². The molecule has 0 aromatic carbocycles. The summed E-state index contributed by atoms with van der Waals surface area (Å²) in [4.78, 5) is 10.9. The van der Waals surface area contributed by atoms with Crippen LogP contribution < -0.4 is 0 Å². The number of carbonyl (C=O) groups excluding carboxylic acids is 1. The van der Waals surface area contributed by atoms with Crippen molar-refractivity contribution in [3.05, 3.63) is 0 Å². The van der Waals surface area contributed by atoms with Gasteiger partial charge in [-0.05, 0) is 20.8 Å². The van der Waals surface area contributed by atoms with Crippen molar-refractivity contribution >= 4 is 16.3 Å². The van der Waals surface area contributed by atoms with Gasteiger partial charge in [-0.2, -0.15) is 47.9 Å². The highest BCUT2D eigenvalue weighted by molar-refractivity contribution is 7.88. The Labute approximate surface area is 128 Å². The van der Waals surface area contributed by atoms with E-state index in [0.29, 0.717) is 0 Å². The molecule has 0 aliphatic carbocycles. The molecule has 0 amide bonds. The first-order valence-corrected chi connectivity index (χ1v) is 6.88. The molecule has 0 atom stereocenters. The third kappa shape index (κ3) is 3.97. The molecule has 0 spiro atoms. The fourth-order valence-corrected chi connectivity index (χ4v) is 1.69. The molecular weight excluding hydrogens is 391 g/mol. The molecule has 0 aliphatic heterocycles. The van der Waals surface area contributed by atoms with Crippen molar-refractivity contribution in [1.82, 2.24) is 0 Å². The lowest BCUT2D eigenvalue weighted by atomic mass is 10.1. The molecule has 144 valence electrons. The number of hydrogen-bond donors (Lipinski definition) is 0. The standard InChI is InChI=1S/C9H9F9O5S/c1-5(2,3)22-4(19)23-24(20,21)9(17,18)7(12,13)6(10,11)8(14,15)16/h1-3H3. The summed E-state index contributed by atoms with van der Waals surface area (Å²) in [5.74, 6) is -14.9. The first kappa shape index (κ1) is 22.6. The van der Waals surface area contributed by atoms with E-state index in [0.717, 1.165) is 20.8 Å². The average molecular weight is 400 g/mol. The molecule has 0 radical (unpaired) electrons. The molecule has 0 bridgehead atoms. The minimum Gasteiger partial charge on any atom is -0.428 e. The SMILES string of the molecule is CC(C)(C)OC(=O)OS(=O)(=O)C(F)(F)C(F)(F)C(F)(F)C(F)(F)F. The Morgan fingerprint density at radius 1 is 0.792 bits per heavy atom. The summed E-state index contributed by atoms with van der Waals surface area (Å²) in [6.07, 6.45) is -9.75. The lowest BCUT2D eigenvalue weighted by molar-refractivity contribution is -0.382. The van der Waals surface area contributed by atoms with E-state index in [1.807, 2.05) is 0 Å². The molecule has 0 saturated carbocycles. The summed E-state index contributed by atoms with van der Waals surface area (Å²) in [7, 11) is -7.27. The minimum absolute atomic E-state index is 1.05. The summed E-state index contributed by atoms with van der Waals surface area (Å²) < 4.78 is 141. The molecule has 0 aromatic rings. The zero-order valence-corrected chi connectivity index (χ0v) is 12.7. The van der Waals surface area contributed by atoms with Crippen molar-refractivity contribution < 1.29 is 61.6 Å². The predicted octanol–water partition coefficient (Wildman–Crippen LogP) is 3.69. The monoisotopic (exact) mass is 400 g/mol. The smallest absolute Gasteiger partial charge is 0.428 e. The van der Waals surface area contributed by atoms with Gasteiger partial charge in [0.2, 0.25) is 0 Å². The first-order chi connectivity index (χ1) is 10.1. The number of alkyl halides is 9. The summed E-state index contributed by atoms with van der Waals surface area (Å²) in [5, 5.41) is -7.12. The van der Waals surface area contributed by atoms with Crippen molar-refractivity contribution in [2.24, 2.45) is 0 Å². The summed E-state index contributed by atoms with van der Waals surface area (Å²) in [6, 6.07) is 0. The van der Waals surface area contributed by atoms with Crippen molar-refractivity contribution in [3.63, 3.8) is 0 Å². The third-order valence-corrected chi connectivity index (χ3v) is 3.24. The van der Waals surface area contributed by atoms with Crippen LogP contribution in [0.4, 0.5) is 44.3 Å². The van der Waals surface area contributed by atoms with Crippen molar-refractivity contribution in [2.75, 3.05) is 0 Å². The van der Waals surface area contributed by atoms with Gasteiger partial charge in [-0.1, -0.05) is 0 Å². The van der Waals surface area contributed by atoms with Crippen molar-refractivity contribution in [1.29, 1.82) is 0 Å². The van der Waals surface area contributed by atoms with Crippen LogP contribution in [0.5, 0.6) is 0 Å². The highest BCUT2D eigenvalue weighted by atomic mass is 32.2. The Hall–Kier alpha value is -1.41. The quantitative estimate of drug-likeness (QED) is 0.409. The Morgan fingerprint density at radius 3 is 1.46 bits per heavy atom. The van der Waals surface area contributed by atoms with Crippen LogP contribution in [0.3, 0.4) is 0 Å². The second kappa shape index (κ2) is 5.84. The van der Waals surface area contributed by atoms with Gasteiger partial charge >= 0.3 is 39.5 Å². The van der Waals surface area contributed by atoms with Gasteiger partial charge in [0.25, 0.3) is 0 Å². The van der Waals surface area contributed by atoms with Crippen LogP contribution in [0.15, 0.2) is 0 Å². The van der Waals surface area contributed by atoms with Gasteiger partial charge in [0, 0.05) is 0 Å². The van der Waals surface area contributed by atoms with E-state index in [4.69, 9.17) is 0 Å². The van der Waals surface area contributed by atoms with E-state index in [1.165, 1.54) is 0 Å². The molecule has 0 fully saturated rings. The highest BCUT2D eigenvalue weighted by Gasteiger charge is 2.86. The van der Waals surface area contributed by atoms with Crippen LogP contribution in [0.1, 0.15) is 20.8 Å². The second-order valence-corrected chi connectivity index (χ2v) is 6.75. The van der Waals surface area contributed by atoms with Crippen LogP contribution in [0, 0.1) is 0 Å². The predicted molar refractivity (Wildman–Crippen MR) is 57.1 cm³/mol. The van der Waals surface area contributed by atoms with Gasteiger partial charge in [0.15, 0.2) is 0 Å². The molecule has 0 aromatic heterocycles. The molecular formula is C9H9F9O5S. The highest BCUT2D eigenvalue weighted by Crippen LogP contribution is 2.54. The molecule has 0 saturated heterocycles. The molecule has 0 N–H and O–H groups in total. The van der Waals surface area contributed by atoms with Gasteiger partial charge < -0.3 is 8.92 Å². The van der Waals surface area contributed by atoms with Crippen molar-refractivity contribution in [3.8, 4) is 0 Å². The molecule has 0 unspecified atom stereocenters. The molecule has 15 heteroatoms. The van der Waals surface area contributed by atoms with Crippen LogP contribution in [-0.2, 0) is 19.0 Å². The maximum absolute atomic E-state index is 13.1. The second-order valence-electron chi connectivity index (χ2n) is 5.17. The van der Waals surface area contributed by atoms with Gasteiger partial charge in [-0.15, -0.1) is 0 Å². The van der Waals surface area contributed by atoms with E-state index in [-0.39, 0.29) is 0 Å². The zero-order valence-electron chi connectivity index (χ0n) is 11.9. The van der Waals surface area contributed by atoms with E-state index in [1.54, 1.807) is 0 Å². The molecule has 0 heterocycles. The van der Waals surface area contributed by atoms with Crippen LogP contribution in [0.25, 0.3) is 0 Å². The van der Waals surface area contributed by atoms with E-state index < -0.39 is 45.2 Å². The van der Waals surface area contributed by atoms with Crippen LogP contribution in [0.2, 0.25) is 0 Å². The normalized spacial score (nSPS) is 15.2. The maximum atomic E-state index is 13.1. The van der Waals surface area contributed by atoms with Crippen molar-refractivity contribution in [2.45, 2.75) is 49.6 Å².